The Balaban J connectivity index is 1.58. The Morgan fingerprint density at radius 2 is 1.97 bits per heavy atom. The lowest BCUT2D eigenvalue weighted by molar-refractivity contribution is 0.137. The van der Waals surface area contributed by atoms with Crippen molar-refractivity contribution < 1.29 is 13.5 Å². The second kappa shape index (κ2) is 10.5. The second-order valence-electron chi connectivity index (χ2n) is 8.42. The monoisotopic (exact) mass is 436 g/mol. The van der Waals surface area contributed by atoms with Crippen LogP contribution in [0.5, 0.6) is 0 Å². The van der Waals surface area contributed by atoms with E-state index < -0.39 is 10.0 Å². The molecule has 0 saturated heterocycles. The summed E-state index contributed by atoms with van der Waals surface area (Å²) >= 11 is 0. The molecule has 1 aliphatic heterocycles. The highest BCUT2D eigenvalue weighted by Crippen LogP contribution is 2.39. The Bertz CT molecular complexity index is 814. The minimum absolute atomic E-state index is 0.0214. The van der Waals surface area contributed by atoms with E-state index in [1.165, 1.54) is 23.6 Å². The van der Waals surface area contributed by atoms with E-state index in [4.69, 9.17) is 4.99 Å². The standard InChI is InChI=1S/C22H36N4O3S/c1-2-23-21(25-18-22(13-16-27)11-6-3-7-12-22)24-14-17-30(28,29)26-15-10-19-8-4-5-9-20(19)26/h4-5,8-9,27H,2-3,6-7,10-18H2,1H3,(H2,23,24,25). The Hall–Kier alpha value is -1.80. The first-order chi connectivity index (χ1) is 14.5. The van der Waals surface area contributed by atoms with Gasteiger partial charge in [0.25, 0.3) is 0 Å². The first kappa shape index (κ1) is 22.9. The molecule has 1 aromatic carbocycles. The minimum atomic E-state index is -3.39. The number of nitrogens with zero attached hydrogens (tertiary/aromatic N) is 2. The average Bonchev–Trinajstić information content (AvgIpc) is 3.18. The van der Waals surface area contributed by atoms with E-state index >= 15 is 0 Å². The summed E-state index contributed by atoms with van der Waals surface area (Å²) in [5.74, 6) is 0.672. The summed E-state index contributed by atoms with van der Waals surface area (Å²) in [6.45, 7) is 4.38. The summed E-state index contributed by atoms with van der Waals surface area (Å²) in [6, 6.07) is 7.70. The highest BCUT2D eigenvalue weighted by molar-refractivity contribution is 7.92. The predicted octanol–water partition coefficient (Wildman–Crippen LogP) is 2.27. The van der Waals surface area contributed by atoms with Gasteiger partial charge < -0.3 is 15.7 Å². The molecule has 1 heterocycles. The molecule has 0 aromatic heterocycles. The average molecular weight is 437 g/mol. The number of rotatable bonds is 9. The van der Waals surface area contributed by atoms with Crippen molar-refractivity contribution in [1.29, 1.82) is 0 Å². The number of nitrogens with one attached hydrogen (secondary N) is 2. The van der Waals surface area contributed by atoms with E-state index in [0.29, 0.717) is 32.1 Å². The van der Waals surface area contributed by atoms with Gasteiger partial charge in [0, 0.05) is 32.8 Å². The zero-order valence-electron chi connectivity index (χ0n) is 18.1. The van der Waals surface area contributed by atoms with Crippen LogP contribution in [0, 0.1) is 5.41 Å². The molecular formula is C22H36N4O3S. The molecular weight excluding hydrogens is 400 g/mol. The molecule has 1 saturated carbocycles. The molecule has 0 spiro atoms. The molecule has 2 aliphatic rings. The third-order valence-electron chi connectivity index (χ3n) is 6.31. The molecule has 3 N–H and O–H groups in total. The molecule has 168 valence electrons. The second-order valence-corrected chi connectivity index (χ2v) is 10.4. The highest BCUT2D eigenvalue weighted by Gasteiger charge is 2.32. The molecule has 0 bridgehead atoms. The van der Waals surface area contributed by atoms with Gasteiger partial charge in [0.05, 0.1) is 11.4 Å². The topological polar surface area (TPSA) is 94.0 Å². The van der Waals surface area contributed by atoms with Crippen LogP contribution in [-0.2, 0) is 16.4 Å². The van der Waals surface area contributed by atoms with Crippen LogP contribution in [0.25, 0.3) is 0 Å². The maximum atomic E-state index is 12.9. The van der Waals surface area contributed by atoms with Crippen LogP contribution in [0.3, 0.4) is 0 Å². The van der Waals surface area contributed by atoms with E-state index in [-0.39, 0.29) is 17.8 Å². The van der Waals surface area contributed by atoms with Gasteiger partial charge in [-0.25, -0.2) is 8.42 Å². The zero-order chi connectivity index (χ0) is 21.5. The van der Waals surface area contributed by atoms with Crippen molar-refractivity contribution in [2.45, 2.75) is 51.9 Å². The Kier molecular flexibility index (Phi) is 7.99. The number of aliphatic hydroxyl groups excluding tert-OH is 1. The molecule has 0 amide bonds. The van der Waals surface area contributed by atoms with Crippen LogP contribution >= 0.6 is 0 Å². The van der Waals surface area contributed by atoms with Crippen molar-refractivity contribution in [1.82, 2.24) is 10.6 Å². The smallest absolute Gasteiger partial charge is 0.236 e. The number of aliphatic hydroxyl groups is 1. The summed E-state index contributed by atoms with van der Waals surface area (Å²) in [5.41, 5.74) is 1.97. The normalized spacial score (nSPS) is 18.9. The highest BCUT2D eigenvalue weighted by atomic mass is 32.2. The first-order valence-corrected chi connectivity index (χ1v) is 12.8. The molecule has 3 rings (SSSR count). The Morgan fingerprint density at radius 3 is 2.70 bits per heavy atom. The fraction of sp³-hybridized carbons (Fsp3) is 0.682. The first-order valence-electron chi connectivity index (χ1n) is 11.2. The van der Waals surface area contributed by atoms with Crippen molar-refractivity contribution in [2.24, 2.45) is 10.4 Å². The number of fused-ring (bicyclic) bond motifs is 1. The van der Waals surface area contributed by atoms with Crippen molar-refractivity contribution in [2.75, 3.05) is 42.8 Å². The zero-order valence-corrected chi connectivity index (χ0v) is 18.9. The van der Waals surface area contributed by atoms with Crippen LogP contribution in [0.4, 0.5) is 5.69 Å². The number of hydrogen-bond donors (Lipinski definition) is 3. The van der Waals surface area contributed by atoms with E-state index in [1.807, 2.05) is 31.2 Å². The minimum Gasteiger partial charge on any atom is -0.396 e. The number of para-hydroxylation sites is 1. The molecule has 0 radical (unpaired) electrons. The Morgan fingerprint density at radius 1 is 1.20 bits per heavy atom. The van der Waals surface area contributed by atoms with Gasteiger partial charge in [0.15, 0.2) is 5.96 Å². The van der Waals surface area contributed by atoms with Crippen LogP contribution in [0.2, 0.25) is 0 Å². The fourth-order valence-corrected chi connectivity index (χ4v) is 6.05. The largest absolute Gasteiger partial charge is 0.396 e. The van der Waals surface area contributed by atoms with Crippen molar-refractivity contribution >= 4 is 21.7 Å². The maximum absolute atomic E-state index is 12.9. The van der Waals surface area contributed by atoms with Crippen LogP contribution < -0.4 is 14.9 Å². The molecule has 1 fully saturated rings. The van der Waals surface area contributed by atoms with E-state index in [2.05, 4.69) is 10.6 Å². The fourth-order valence-electron chi connectivity index (χ4n) is 4.62. The number of aliphatic imine (C=N–C) groups is 1. The number of anilines is 1. The van der Waals surface area contributed by atoms with Gasteiger partial charge in [-0.15, -0.1) is 0 Å². The van der Waals surface area contributed by atoms with E-state index in [1.54, 1.807) is 0 Å². The van der Waals surface area contributed by atoms with Gasteiger partial charge in [0.2, 0.25) is 10.0 Å². The molecule has 1 aromatic rings. The van der Waals surface area contributed by atoms with Gasteiger partial charge in [-0.3, -0.25) is 9.30 Å². The third-order valence-corrected chi connectivity index (χ3v) is 8.08. The van der Waals surface area contributed by atoms with Gasteiger partial charge in [-0.05, 0) is 49.7 Å². The van der Waals surface area contributed by atoms with Crippen molar-refractivity contribution in [3.8, 4) is 0 Å². The number of hydrogen-bond acceptors (Lipinski definition) is 4. The summed E-state index contributed by atoms with van der Waals surface area (Å²) < 4.78 is 27.3. The van der Waals surface area contributed by atoms with Crippen molar-refractivity contribution in [3.05, 3.63) is 29.8 Å². The van der Waals surface area contributed by atoms with Crippen LogP contribution in [0.15, 0.2) is 29.3 Å². The molecule has 0 atom stereocenters. The maximum Gasteiger partial charge on any atom is 0.236 e. The van der Waals surface area contributed by atoms with Crippen LogP contribution in [-0.4, -0.2) is 58.0 Å². The van der Waals surface area contributed by atoms with Crippen molar-refractivity contribution in [3.63, 3.8) is 0 Å². The quantitative estimate of drug-likeness (QED) is 0.408. The molecule has 30 heavy (non-hydrogen) atoms. The van der Waals surface area contributed by atoms with Crippen LogP contribution in [0.1, 0.15) is 51.0 Å². The van der Waals surface area contributed by atoms with Gasteiger partial charge >= 0.3 is 0 Å². The molecule has 8 heteroatoms. The Labute approximate surface area is 181 Å². The lowest BCUT2D eigenvalue weighted by Gasteiger charge is -2.35. The number of guanidine groups is 1. The van der Waals surface area contributed by atoms with Gasteiger partial charge in [-0.2, -0.15) is 0 Å². The summed E-state index contributed by atoms with van der Waals surface area (Å²) in [7, 11) is -3.39. The molecule has 0 unspecified atom stereocenters. The summed E-state index contributed by atoms with van der Waals surface area (Å²) in [6.07, 6.45) is 7.37. The van der Waals surface area contributed by atoms with E-state index in [0.717, 1.165) is 36.9 Å². The lowest BCUT2D eigenvalue weighted by atomic mass is 9.72. The predicted molar refractivity (Wildman–Crippen MR) is 122 cm³/mol. The molecule has 7 nitrogen and oxygen atoms in total. The SMILES string of the molecule is CCNC(=NCC1(CCO)CCCCC1)NCCS(=O)(=O)N1CCc2ccccc21. The summed E-state index contributed by atoms with van der Waals surface area (Å²) in [5, 5.41) is 15.9. The van der Waals surface area contributed by atoms with Gasteiger partial charge in [-0.1, -0.05) is 37.5 Å². The third kappa shape index (κ3) is 5.66. The number of benzene rings is 1. The van der Waals surface area contributed by atoms with E-state index in [9.17, 15) is 13.5 Å². The van der Waals surface area contributed by atoms with Gasteiger partial charge in [0.1, 0.15) is 0 Å². The summed E-state index contributed by atoms with van der Waals surface area (Å²) in [4.78, 5) is 4.76. The molecule has 1 aliphatic carbocycles. The number of sulfonamides is 1. The lowest BCUT2D eigenvalue weighted by Crippen LogP contribution is -2.42.